The largest absolute Gasteiger partial charge is 0.491 e. The molecule has 0 aliphatic carbocycles. The van der Waals surface area contributed by atoms with Gasteiger partial charge in [-0.3, -0.25) is 9.59 Å². The molecule has 0 aromatic heterocycles. The summed E-state index contributed by atoms with van der Waals surface area (Å²) in [5.74, 6) is -0.236. The van der Waals surface area contributed by atoms with Crippen LogP contribution in [0.3, 0.4) is 0 Å². The summed E-state index contributed by atoms with van der Waals surface area (Å²) in [7, 11) is 1.61. The topological polar surface area (TPSA) is 76.1 Å². The lowest BCUT2D eigenvalue weighted by Gasteiger charge is -2.39. The number of piperidine rings is 1. The zero-order chi connectivity index (χ0) is 20.0. The Balaban J connectivity index is 1.65. The fraction of sp³-hybridized carbons (Fsp3) is 0.364. The standard InChI is InChI=1S/C22H25NO5/c1-27-15-16-28-19-9-7-17(8-10-19)20(24)23-13-11-22(12-14-23,21(25)26)18-5-3-2-4-6-18/h2-10H,11-16H2,1H3,(H,25,26). The van der Waals surface area contributed by atoms with E-state index in [-0.39, 0.29) is 5.91 Å². The van der Waals surface area contributed by atoms with Gasteiger partial charge in [0.25, 0.3) is 5.91 Å². The van der Waals surface area contributed by atoms with Crippen LogP contribution < -0.4 is 4.74 Å². The molecule has 1 amide bonds. The predicted octanol–water partition coefficient (Wildman–Crippen LogP) is 2.97. The van der Waals surface area contributed by atoms with Crippen molar-refractivity contribution in [1.82, 2.24) is 4.90 Å². The van der Waals surface area contributed by atoms with Gasteiger partial charge in [0.2, 0.25) is 0 Å². The number of hydrogen-bond acceptors (Lipinski definition) is 4. The highest BCUT2D eigenvalue weighted by Gasteiger charge is 2.43. The summed E-state index contributed by atoms with van der Waals surface area (Å²) in [5, 5.41) is 9.88. The summed E-state index contributed by atoms with van der Waals surface area (Å²) in [5.41, 5.74) is 0.436. The van der Waals surface area contributed by atoms with Gasteiger partial charge >= 0.3 is 5.97 Å². The van der Waals surface area contributed by atoms with Crippen LogP contribution in [0, 0.1) is 0 Å². The van der Waals surface area contributed by atoms with Crippen LogP contribution in [-0.2, 0) is 14.9 Å². The second-order valence-electron chi connectivity index (χ2n) is 6.91. The first kappa shape index (κ1) is 19.9. The fourth-order valence-electron chi connectivity index (χ4n) is 3.59. The van der Waals surface area contributed by atoms with Crippen molar-refractivity contribution < 1.29 is 24.2 Å². The third-order valence-corrected chi connectivity index (χ3v) is 5.30. The molecule has 1 fully saturated rings. The minimum absolute atomic E-state index is 0.0875. The molecule has 1 aliphatic heterocycles. The van der Waals surface area contributed by atoms with Crippen molar-refractivity contribution in [2.45, 2.75) is 18.3 Å². The molecule has 0 saturated carbocycles. The van der Waals surface area contributed by atoms with E-state index in [1.807, 2.05) is 30.3 Å². The molecule has 0 bridgehead atoms. The van der Waals surface area contributed by atoms with Crippen molar-refractivity contribution in [3.63, 3.8) is 0 Å². The number of hydrogen-bond donors (Lipinski definition) is 1. The van der Waals surface area contributed by atoms with Crippen LogP contribution in [0.15, 0.2) is 54.6 Å². The van der Waals surface area contributed by atoms with Gasteiger partial charge in [-0.1, -0.05) is 30.3 Å². The van der Waals surface area contributed by atoms with Gasteiger partial charge in [-0.25, -0.2) is 0 Å². The average Bonchev–Trinajstić information content (AvgIpc) is 2.74. The highest BCUT2D eigenvalue weighted by Crippen LogP contribution is 2.36. The Morgan fingerprint density at radius 1 is 1.00 bits per heavy atom. The van der Waals surface area contributed by atoms with E-state index in [1.165, 1.54) is 0 Å². The molecule has 0 atom stereocenters. The number of benzene rings is 2. The lowest BCUT2D eigenvalue weighted by molar-refractivity contribution is -0.145. The molecule has 1 heterocycles. The fourth-order valence-corrected chi connectivity index (χ4v) is 3.59. The number of carboxylic acid groups (broad SMARTS) is 1. The Morgan fingerprint density at radius 2 is 1.64 bits per heavy atom. The number of carbonyl (C=O) groups is 2. The van der Waals surface area contributed by atoms with E-state index >= 15 is 0 Å². The van der Waals surface area contributed by atoms with Crippen LogP contribution >= 0.6 is 0 Å². The molecular weight excluding hydrogens is 358 g/mol. The summed E-state index contributed by atoms with van der Waals surface area (Å²) >= 11 is 0. The van der Waals surface area contributed by atoms with Gasteiger partial charge in [0.1, 0.15) is 12.4 Å². The third kappa shape index (κ3) is 4.17. The summed E-state index contributed by atoms with van der Waals surface area (Å²) in [6, 6.07) is 16.3. The molecule has 2 aromatic rings. The minimum atomic E-state index is -0.933. The molecule has 0 spiro atoms. The zero-order valence-corrected chi connectivity index (χ0v) is 16.0. The van der Waals surface area contributed by atoms with Crippen molar-refractivity contribution in [3.05, 3.63) is 65.7 Å². The Kier molecular flexibility index (Phi) is 6.31. The smallest absolute Gasteiger partial charge is 0.314 e. The van der Waals surface area contributed by atoms with Crippen LogP contribution in [0.5, 0.6) is 5.75 Å². The maximum Gasteiger partial charge on any atom is 0.314 e. The van der Waals surface area contributed by atoms with Crippen LogP contribution in [0.4, 0.5) is 0 Å². The van der Waals surface area contributed by atoms with Crippen LogP contribution in [-0.4, -0.2) is 55.3 Å². The molecule has 1 saturated heterocycles. The van der Waals surface area contributed by atoms with Crippen LogP contribution in [0.2, 0.25) is 0 Å². The van der Waals surface area contributed by atoms with Crippen molar-refractivity contribution in [3.8, 4) is 5.75 Å². The van der Waals surface area contributed by atoms with E-state index in [2.05, 4.69) is 0 Å². The third-order valence-electron chi connectivity index (χ3n) is 5.30. The zero-order valence-electron chi connectivity index (χ0n) is 16.0. The summed E-state index contributed by atoms with van der Waals surface area (Å²) in [6.07, 6.45) is 0.798. The van der Waals surface area contributed by atoms with Gasteiger partial charge in [-0.2, -0.15) is 0 Å². The van der Waals surface area contributed by atoms with Crippen molar-refractivity contribution in [1.29, 1.82) is 0 Å². The van der Waals surface area contributed by atoms with Gasteiger partial charge in [-0.05, 0) is 42.7 Å². The first-order chi connectivity index (χ1) is 13.6. The van der Waals surface area contributed by atoms with Gasteiger partial charge in [0.05, 0.1) is 12.0 Å². The van der Waals surface area contributed by atoms with E-state index in [9.17, 15) is 14.7 Å². The lowest BCUT2D eigenvalue weighted by atomic mass is 9.73. The molecule has 1 N–H and O–H groups in total. The predicted molar refractivity (Wildman–Crippen MR) is 105 cm³/mol. The summed E-state index contributed by atoms with van der Waals surface area (Å²) < 4.78 is 10.5. The molecule has 3 rings (SSSR count). The van der Waals surface area contributed by atoms with E-state index < -0.39 is 11.4 Å². The van der Waals surface area contributed by atoms with Gasteiger partial charge in [0.15, 0.2) is 0 Å². The second kappa shape index (κ2) is 8.89. The molecule has 0 unspecified atom stereocenters. The first-order valence-corrected chi connectivity index (χ1v) is 9.37. The van der Waals surface area contributed by atoms with Crippen LogP contribution in [0.1, 0.15) is 28.8 Å². The molecule has 148 valence electrons. The van der Waals surface area contributed by atoms with Crippen molar-refractivity contribution in [2.75, 3.05) is 33.4 Å². The van der Waals surface area contributed by atoms with Gasteiger partial charge in [-0.15, -0.1) is 0 Å². The molecule has 0 radical (unpaired) electrons. The number of ether oxygens (including phenoxy) is 2. The number of rotatable bonds is 7. The molecule has 6 heteroatoms. The second-order valence-corrected chi connectivity index (χ2v) is 6.91. The Hall–Kier alpha value is -2.86. The van der Waals surface area contributed by atoms with Gasteiger partial charge < -0.3 is 19.5 Å². The Labute approximate surface area is 164 Å². The van der Waals surface area contributed by atoms with E-state index in [0.29, 0.717) is 50.5 Å². The highest BCUT2D eigenvalue weighted by molar-refractivity contribution is 5.94. The maximum atomic E-state index is 12.8. The number of methoxy groups -OCH3 is 1. The SMILES string of the molecule is COCCOc1ccc(C(=O)N2CCC(C(=O)O)(c3ccccc3)CC2)cc1. The quantitative estimate of drug-likeness (QED) is 0.744. The van der Waals surface area contributed by atoms with Crippen molar-refractivity contribution >= 4 is 11.9 Å². The number of carbonyl (C=O) groups excluding carboxylic acids is 1. The molecule has 2 aromatic carbocycles. The monoisotopic (exact) mass is 383 g/mol. The number of aliphatic carboxylic acids is 1. The Bertz CT molecular complexity index is 795. The lowest BCUT2D eigenvalue weighted by Crippen LogP contribution is -2.49. The number of amides is 1. The Morgan fingerprint density at radius 3 is 2.21 bits per heavy atom. The normalized spacial score (nSPS) is 15.8. The molecule has 1 aliphatic rings. The van der Waals surface area contributed by atoms with E-state index in [4.69, 9.17) is 9.47 Å². The number of nitrogens with zero attached hydrogens (tertiary/aromatic N) is 1. The summed E-state index contributed by atoms with van der Waals surface area (Å²) in [4.78, 5) is 26.6. The maximum absolute atomic E-state index is 12.8. The van der Waals surface area contributed by atoms with Crippen molar-refractivity contribution in [2.24, 2.45) is 0 Å². The summed E-state index contributed by atoms with van der Waals surface area (Å²) in [6.45, 7) is 1.77. The average molecular weight is 383 g/mol. The first-order valence-electron chi connectivity index (χ1n) is 9.37. The minimum Gasteiger partial charge on any atom is -0.491 e. The van der Waals surface area contributed by atoms with E-state index in [1.54, 1.807) is 36.3 Å². The van der Waals surface area contributed by atoms with Gasteiger partial charge in [0, 0.05) is 25.8 Å². The van der Waals surface area contributed by atoms with Crippen LogP contribution in [0.25, 0.3) is 0 Å². The van der Waals surface area contributed by atoms with E-state index in [0.717, 1.165) is 5.56 Å². The molecular formula is C22H25NO5. The molecule has 28 heavy (non-hydrogen) atoms. The highest BCUT2D eigenvalue weighted by atomic mass is 16.5. The number of likely N-dealkylation sites (tertiary alicyclic amines) is 1. The number of carboxylic acids is 1. The molecule has 6 nitrogen and oxygen atoms in total.